The maximum Gasteiger partial charge on any atom is 0.133 e. The molecule has 1 aliphatic rings. The van der Waals surface area contributed by atoms with Crippen LogP contribution >= 0.6 is 28.6 Å². The van der Waals surface area contributed by atoms with E-state index in [9.17, 15) is 4.39 Å². The molecule has 1 aliphatic carbocycles. The quantitative estimate of drug-likeness (QED) is 0.775. The molecule has 0 bridgehead atoms. The van der Waals surface area contributed by atoms with Gasteiger partial charge in [0.25, 0.3) is 0 Å². The van der Waals surface area contributed by atoms with Gasteiger partial charge in [-0.25, -0.2) is 4.39 Å². The van der Waals surface area contributed by atoms with Gasteiger partial charge in [-0.3, -0.25) is 0 Å². The third-order valence-corrected chi connectivity index (χ3v) is 4.97. The van der Waals surface area contributed by atoms with Gasteiger partial charge in [-0.15, -0.1) is 0 Å². The van der Waals surface area contributed by atoms with Crippen molar-refractivity contribution in [3.8, 4) is 5.75 Å². The average molecular weight is 333 g/mol. The van der Waals surface area contributed by atoms with Gasteiger partial charge in [0, 0.05) is 5.41 Å². The smallest absolute Gasteiger partial charge is 0.133 e. The Morgan fingerprint density at radius 3 is 2.61 bits per heavy atom. The average Bonchev–Trinajstić information content (AvgIpc) is 2.39. The Kier molecular flexibility index (Phi) is 4.96. The molecule has 1 saturated carbocycles. The van der Waals surface area contributed by atoms with E-state index in [2.05, 4.69) is 28.6 Å². The summed E-state index contributed by atoms with van der Waals surface area (Å²) in [4.78, 5) is 0. The van der Waals surface area contributed by atoms with Crippen LogP contribution < -0.4 is 4.74 Å². The highest BCUT2D eigenvalue weighted by molar-refractivity contribution is 9.10. The molecule has 100 valence electrons. The Bertz CT molecular complexity index is 405. The maximum absolute atomic E-state index is 13.0. The summed E-state index contributed by atoms with van der Waals surface area (Å²) in [6.45, 7) is 0.667. The molecule has 0 unspecified atom stereocenters. The summed E-state index contributed by atoms with van der Waals surface area (Å²) in [6, 6.07) is 4.53. The molecule has 0 spiro atoms. The fourth-order valence-corrected chi connectivity index (χ4v) is 3.35. The summed E-state index contributed by atoms with van der Waals surface area (Å²) in [5.74, 6) is 1.31. The fraction of sp³-hybridized carbons (Fsp3) is 0.571. The number of ether oxygens (including phenoxy) is 1. The van der Waals surface area contributed by atoms with Gasteiger partial charge in [0.05, 0.1) is 11.1 Å². The maximum atomic E-state index is 13.0. The second-order valence-corrected chi connectivity index (χ2v) is 6.25. The van der Waals surface area contributed by atoms with E-state index in [1.54, 1.807) is 6.07 Å². The molecule has 0 amide bonds. The van der Waals surface area contributed by atoms with Crippen molar-refractivity contribution in [3.05, 3.63) is 28.5 Å². The molecule has 0 aliphatic heterocycles. The second kappa shape index (κ2) is 6.29. The van der Waals surface area contributed by atoms with Crippen LogP contribution in [0.4, 0.5) is 4.39 Å². The Labute approximate surface area is 122 Å². The van der Waals surface area contributed by atoms with Gasteiger partial charge >= 0.3 is 0 Å². The molecule has 1 aromatic rings. The molecule has 1 fully saturated rings. The normalized spacial score (nSPS) is 18.6. The lowest BCUT2D eigenvalue weighted by atomic mass is 9.76. The molecule has 0 aromatic heterocycles. The van der Waals surface area contributed by atoms with E-state index < -0.39 is 0 Å². The molecule has 0 heterocycles. The van der Waals surface area contributed by atoms with Crippen molar-refractivity contribution in [2.75, 3.05) is 12.4 Å². The molecule has 2 rings (SSSR count). The third-order valence-electron chi connectivity index (χ3n) is 3.68. The number of hydrogen-bond donors (Lipinski definition) is 1. The first-order valence-electron chi connectivity index (χ1n) is 6.34. The van der Waals surface area contributed by atoms with Gasteiger partial charge in [-0.2, -0.15) is 12.6 Å². The Morgan fingerprint density at radius 1 is 1.28 bits per heavy atom. The zero-order valence-electron chi connectivity index (χ0n) is 10.3. The molecular weight excluding hydrogens is 315 g/mol. The number of benzene rings is 1. The minimum atomic E-state index is -0.254. The zero-order chi connectivity index (χ0) is 13.0. The minimum Gasteiger partial charge on any atom is -0.492 e. The highest BCUT2D eigenvalue weighted by atomic mass is 79.9. The highest BCUT2D eigenvalue weighted by Crippen LogP contribution is 2.38. The van der Waals surface area contributed by atoms with E-state index in [0.717, 1.165) is 5.75 Å². The minimum absolute atomic E-state index is 0.190. The molecule has 0 N–H and O–H groups in total. The van der Waals surface area contributed by atoms with Crippen LogP contribution in [0.3, 0.4) is 0 Å². The molecule has 0 saturated heterocycles. The SMILES string of the molecule is Fc1ccc(OCC2(CS)CCCCC2)c(Br)c1. The lowest BCUT2D eigenvalue weighted by molar-refractivity contribution is 0.120. The van der Waals surface area contributed by atoms with Crippen molar-refractivity contribution < 1.29 is 9.13 Å². The molecule has 0 atom stereocenters. The monoisotopic (exact) mass is 332 g/mol. The van der Waals surface area contributed by atoms with E-state index in [-0.39, 0.29) is 11.2 Å². The van der Waals surface area contributed by atoms with Crippen LogP contribution in [-0.2, 0) is 0 Å². The van der Waals surface area contributed by atoms with Crippen molar-refractivity contribution in [1.82, 2.24) is 0 Å². The first-order valence-corrected chi connectivity index (χ1v) is 7.76. The van der Waals surface area contributed by atoms with E-state index >= 15 is 0 Å². The standard InChI is InChI=1S/C14H18BrFOS/c15-12-8-11(16)4-5-13(12)17-9-14(10-18)6-2-1-3-7-14/h4-5,8,18H,1-3,6-7,9-10H2. The number of thiol groups is 1. The number of hydrogen-bond acceptors (Lipinski definition) is 2. The van der Waals surface area contributed by atoms with Crippen LogP contribution in [0.25, 0.3) is 0 Å². The topological polar surface area (TPSA) is 9.23 Å². The summed E-state index contributed by atoms with van der Waals surface area (Å²) in [5.41, 5.74) is 0.190. The van der Waals surface area contributed by atoms with Crippen molar-refractivity contribution in [1.29, 1.82) is 0 Å². The van der Waals surface area contributed by atoms with Crippen LogP contribution in [0.5, 0.6) is 5.75 Å². The largest absolute Gasteiger partial charge is 0.492 e. The van der Waals surface area contributed by atoms with Gasteiger partial charge in [0.1, 0.15) is 11.6 Å². The predicted molar refractivity (Wildman–Crippen MR) is 79.0 cm³/mol. The summed E-state index contributed by atoms with van der Waals surface area (Å²) in [6.07, 6.45) is 6.18. The zero-order valence-corrected chi connectivity index (χ0v) is 12.8. The Hall–Kier alpha value is -0.220. The molecule has 0 radical (unpaired) electrons. The van der Waals surface area contributed by atoms with Crippen LogP contribution in [0.2, 0.25) is 0 Å². The molecular formula is C14H18BrFOS. The van der Waals surface area contributed by atoms with Gasteiger partial charge in [0.15, 0.2) is 0 Å². The van der Waals surface area contributed by atoms with Crippen LogP contribution in [0.15, 0.2) is 22.7 Å². The van der Waals surface area contributed by atoms with Crippen molar-refractivity contribution in [2.45, 2.75) is 32.1 Å². The lowest BCUT2D eigenvalue weighted by Gasteiger charge is -2.35. The summed E-state index contributed by atoms with van der Waals surface area (Å²) >= 11 is 7.81. The Balaban J connectivity index is 2.01. The van der Waals surface area contributed by atoms with Crippen molar-refractivity contribution >= 4 is 28.6 Å². The summed E-state index contributed by atoms with van der Waals surface area (Å²) < 4.78 is 19.5. The van der Waals surface area contributed by atoms with Crippen molar-refractivity contribution in [3.63, 3.8) is 0 Å². The molecule has 1 nitrogen and oxygen atoms in total. The van der Waals surface area contributed by atoms with Gasteiger partial charge in [0.2, 0.25) is 0 Å². The first kappa shape index (κ1) is 14.2. The van der Waals surface area contributed by atoms with Gasteiger partial charge in [-0.05, 0) is 52.7 Å². The van der Waals surface area contributed by atoms with Crippen LogP contribution in [-0.4, -0.2) is 12.4 Å². The van der Waals surface area contributed by atoms with E-state index in [4.69, 9.17) is 4.74 Å². The molecule has 1 aromatic carbocycles. The van der Waals surface area contributed by atoms with E-state index in [0.29, 0.717) is 16.8 Å². The summed E-state index contributed by atoms with van der Waals surface area (Å²) in [5, 5.41) is 0. The first-order chi connectivity index (χ1) is 8.65. The summed E-state index contributed by atoms with van der Waals surface area (Å²) in [7, 11) is 0. The fourth-order valence-electron chi connectivity index (χ4n) is 2.47. The predicted octanol–water partition coefficient (Wildman–Crippen LogP) is 4.85. The highest BCUT2D eigenvalue weighted by Gasteiger charge is 2.31. The second-order valence-electron chi connectivity index (χ2n) is 5.08. The van der Waals surface area contributed by atoms with E-state index in [1.165, 1.54) is 44.2 Å². The third kappa shape index (κ3) is 3.41. The number of rotatable bonds is 4. The van der Waals surface area contributed by atoms with E-state index in [1.807, 2.05) is 0 Å². The number of halogens is 2. The molecule has 4 heteroatoms. The van der Waals surface area contributed by atoms with Gasteiger partial charge < -0.3 is 4.74 Å². The van der Waals surface area contributed by atoms with Crippen molar-refractivity contribution in [2.24, 2.45) is 5.41 Å². The van der Waals surface area contributed by atoms with Crippen LogP contribution in [0, 0.1) is 11.2 Å². The van der Waals surface area contributed by atoms with Gasteiger partial charge in [-0.1, -0.05) is 19.3 Å². The molecule has 18 heavy (non-hydrogen) atoms. The van der Waals surface area contributed by atoms with Crippen LogP contribution in [0.1, 0.15) is 32.1 Å². The lowest BCUT2D eigenvalue weighted by Crippen LogP contribution is -2.33. The Morgan fingerprint density at radius 2 is 2.00 bits per heavy atom.